The summed E-state index contributed by atoms with van der Waals surface area (Å²) in [7, 11) is 0. The number of carbonyl (C=O) groups is 2. The maximum atomic E-state index is 13.0. The van der Waals surface area contributed by atoms with Crippen molar-refractivity contribution in [1.29, 1.82) is 0 Å². The van der Waals surface area contributed by atoms with E-state index in [4.69, 9.17) is 0 Å². The van der Waals surface area contributed by atoms with E-state index in [0.717, 1.165) is 37.9 Å². The molecule has 1 aromatic carbocycles. The lowest BCUT2D eigenvalue weighted by Gasteiger charge is -2.36. The lowest BCUT2D eigenvalue weighted by molar-refractivity contribution is -0.139. The van der Waals surface area contributed by atoms with Gasteiger partial charge in [-0.1, -0.05) is 32.0 Å². The van der Waals surface area contributed by atoms with Gasteiger partial charge >= 0.3 is 0 Å². The molecule has 0 aliphatic carbocycles. The molecule has 0 aromatic heterocycles. The molecule has 2 amide bonds. The predicted molar refractivity (Wildman–Crippen MR) is 95.9 cm³/mol. The summed E-state index contributed by atoms with van der Waals surface area (Å²) >= 11 is 0. The molecular formula is C20H28N2O2. The van der Waals surface area contributed by atoms with Gasteiger partial charge in [0.15, 0.2) is 0 Å². The zero-order chi connectivity index (χ0) is 17.1. The third-order valence-electron chi connectivity index (χ3n) is 5.52. The summed E-state index contributed by atoms with van der Waals surface area (Å²) in [5, 5.41) is 0. The average molecular weight is 328 g/mol. The molecule has 2 atom stereocenters. The molecule has 4 heteroatoms. The Labute approximate surface area is 144 Å². The highest BCUT2D eigenvalue weighted by Crippen LogP contribution is 2.31. The zero-order valence-electron chi connectivity index (χ0n) is 14.8. The van der Waals surface area contributed by atoms with Crippen LogP contribution in [0.5, 0.6) is 0 Å². The van der Waals surface area contributed by atoms with Crippen LogP contribution in [0, 0.1) is 5.92 Å². The van der Waals surface area contributed by atoms with Gasteiger partial charge in [-0.2, -0.15) is 0 Å². The van der Waals surface area contributed by atoms with Crippen LogP contribution >= 0.6 is 0 Å². The number of para-hydroxylation sites is 1. The van der Waals surface area contributed by atoms with Gasteiger partial charge in [0, 0.05) is 31.2 Å². The third-order valence-corrected chi connectivity index (χ3v) is 5.52. The molecule has 0 N–H and O–H groups in total. The van der Waals surface area contributed by atoms with E-state index < -0.39 is 0 Å². The first-order valence-corrected chi connectivity index (χ1v) is 9.34. The van der Waals surface area contributed by atoms with Crippen LogP contribution in [-0.4, -0.2) is 35.8 Å². The number of hydrogen-bond acceptors (Lipinski definition) is 2. The van der Waals surface area contributed by atoms with Gasteiger partial charge in [0.05, 0.1) is 5.92 Å². The summed E-state index contributed by atoms with van der Waals surface area (Å²) in [6, 6.07) is 8.40. The minimum atomic E-state index is -0.186. The van der Waals surface area contributed by atoms with E-state index in [9.17, 15) is 9.59 Å². The van der Waals surface area contributed by atoms with Crippen LogP contribution in [-0.2, 0) is 16.0 Å². The van der Waals surface area contributed by atoms with Crippen molar-refractivity contribution in [3.05, 3.63) is 29.8 Å². The molecule has 0 bridgehead atoms. The Hall–Kier alpha value is -1.84. The molecule has 2 unspecified atom stereocenters. The van der Waals surface area contributed by atoms with E-state index in [1.54, 1.807) is 0 Å². The van der Waals surface area contributed by atoms with Crippen molar-refractivity contribution >= 4 is 17.5 Å². The van der Waals surface area contributed by atoms with Gasteiger partial charge < -0.3 is 9.80 Å². The van der Waals surface area contributed by atoms with E-state index in [1.165, 1.54) is 12.0 Å². The first-order chi connectivity index (χ1) is 11.7. The molecule has 1 aromatic rings. The molecule has 130 valence electrons. The summed E-state index contributed by atoms with van der Waals surface area (Å²) in [5.41, 5.74) is 2.15. The SMILES string of the molecule is CCc1ccccc1N1CC(C(=O)N2CCCCC2CC)CC1=O. The number of amides is 2. The Morgan fingerprint density at radius 1 is 1.21 bits per heavy atom. The quantitative estimate of drug-likeness (QED) is 0.850. The molecule has 2 aliphatic heterocycles. The monoisotopic (exact) mass is 328 g/mol. The largest absolute Gasteiger partial charge is 0.339 e. The molecule has 2 fully saturated rings. The Bertz CT molecular complexity index is 613. The number of carbonyl (C=O) groups excluding carboxylic acids is 2. The number of nitrogens with zero attached hydrogens (tertiary/aromatic N) is 2. The first kappa shape index (κ1) is 17.0. The van der Waals surface area contributed by atoms with Crippen LogP contribution < -0.4 is 4.90 Å². The average Bonchev–Trinajstić information content (AvgIpc) is 3.02. The number of piperidine rings is 1. The van der Waals surface area contributed by atoms with Crippen molar-refractivity contribution in [1.82, 2.24) is 4.90 Å². The van der Waals surface area contributed by atoms with Gasteiger partial charge in [-0.15, -0.1) is 0 Å². The summed E-state index contributed by atoms with van der Waals surface area (Å²) in [5.74, 6) is 0.0836. The number of rotatable bonds is 4. The molecule has 0 saturated carbocycles. The Morgan fingerprint density at radius 2 is 2.00 bits per heavy atom. The van der Waals surface area contributed by atoms with E-state index in [0.29, 0.717) is 19.0 Å². The lowest BCUT2D eigenvalue weighted by Crippen LogP contribution is -2.46. The minimum Gasteiger partial charge on any atom is -0.339 e. The second-order valence-electron chi connectivity index (χ2n) is 6.98. The zero-order valence-corrected chi connectivity index (χ0v) is 14.8. The third kappa shape index (κ3) is 3.19. The lowest BCUT2D eigenvalue weighted by atomic mass is 9.97. The fraction of sp³-hybridized carbons (Fsp3) is 0.600. The predicted octanol–water partition coefficient (Wildman–Crippen LogP) is 3.39. The summed E-state index contributed by atoms with van der Waals surface area (Å²) in [4.78, 5) is 29.4. The van der Waals surface area contributed by atoms with Crippen molar-refractivity contribution in [3.63, 3.8) is 0 Å². The maximum absolute atomic E-state index is 13.0. The van der Waals surface area contributed by atoms with Gasteiger partial charge in [-0.3, -0.25) is 9.59 Å². The second-order valence-corrected chi connectivity index (χ2v) is 6.98. The Morgan fingerprint density at radius 3 is 2.75 bits per heavy atom. The van der Waals surface area contributed by atoms with Crippen LogP contribution in [0.4, 0.5) is 5.69 Å². The van der Waals surface area contributed by atoms with E-state index in [-0.39, 0.29) is 17.7 Å². The topological polar surface area (TPSA) is 40.6 Å². The fourth-order valence-electron chi connectivity index (χ4n) is 4.13. The maximum Gasteiger partial charge on any atom is 0.228 e. The van der Waals surface area contributed by atoms with E-state index in [1.807, 2.05) is 23.1 Å². The van der Waals surface area contributed by atoms with Gasteiger partial charge in [0.25, 0.3) is 0 Å². The van der Waals surface area contributed by atoms with Crippen LogP contribution in [0.1, 0.15) is 51.5 Å². The van der Waals surface area contributed by atoms with Crippen molar-refractivity contribution < 1.29 is 9.59 Å². The highest BCUT2D eigenvalue weighted by Gasteiger charge is 2.39. The molecular weight excluding hydrogens is 300 g/mol. The molecule has 24 heavy (non-hydrogen) atoms. The standard InChI is InChI=1S/C20H28N2O2/c1-3-15-9-5-6-11-18(15)22-14-16(13-19(22)23)20(24)21-12-8-7-10-17(21)4-2/h5-6,9,11,16-17H,3-4,7-8,10,12-14H2,1-2H3. The Balaban J connectivity index is 1.75. The smallest absolute Gasteiger partial charge is 0.228 e. The summed E-state index contributed by atoms with van der Waals surface area (Å²) < 4.78 is 0. The molecule has 0 spiro atoms. The van der Waals surface area contributed by atoms with Crippen molar-refractivity contribution in [2.45, 2.75) is 58.4 Å². The molecule has 2 saturated heterocycles. The summed E-state index contributed by atoms with van der Waals surface area (Å²) in [6.07, 6.45) is 5.65. The normalized spacial score (nSPS) is 24.5. The second kappa shape index (κ2) is 7.37. The number of benzene rings is 1. The summed E-state index contributed by atoms with van der Waals surface area (Å²) in [6.45, 7) is 5.64. The highest BCUT2D eigenvalue weighted by atomic mass is 16.2. The molecule has 4 nitrogen and oxygen atoms in total. The van der Waals surface area contributed by atoms with Gasteiger partial charge in [-0.25, -0.2) is 0 Å². The number of likely N-dealkylation sites (tertiary alicyclic amines) is 1. The minimum absolute atomic E-state index is 0.0827. The van der Waals surface area contributed by atoms with Gasteiger partial charge in [0.2, 0.25) is 11.8 Å². The molecule has 3 rings (SSSR count). The first-order valence-electron chi connectivity index (χ1n) is 9.34. The van der Waals surface area contributed by atoms with Gasteiger partial charge in [-0.05, 0) is 43.7 Å². The van der Waals surface area contributed by atoms with Crippen LogP contribution in [0.2, 0.25) is 0 Å². The van der Waals surface area contributed by atoms with E-state index >= 15 is 0 Å². The van der Waals surface area contributed by atoms with Crippen molar-refractivity contribution in [3.8, 4) is 0 Å². The molecule has 2 heterocycles. The van der Waals surface area contributed by atoms with Gasteiger partial charge in [0.1, 0.15) is 0 Å². The Kier molecular flexibility index (Phi) is 5.22. The van der Waals surface area contributed by atoms with Crippen molar-refractivity contribution in [2.75, 3.05) is 18.0 Å². The van der Waals surface area contributed by atoms with E-state index in [2.05, 4.69) is 24.8 Å². The fourth-order valence-corrected chi connectivity index (χ4v) is 4.13. The van der Waals surface area contributed by atoms with Crippen molar-refractivity contribution in [2.24, 2.45) is 5.92 Å². The van der Waals surface area contributed by atoms with Crippen LogP contribution in [0.15, 0.2) is 24.3 Å². The molecule has 0 radical (unpaired) electrons. The van der Waals surface area contributed by atoms with Crippen LogP contribution in [0.25, 0.3) is 0 Å². The van der Waals surface area contributed by atoms with Crippen LogP contribution in [0.3, 0.4) is 0 Å². The highest BCUT2D eigenvalue weighted by molar-refractivity contribution is 6.00. The number of hydrogen-bond donors (Lipinski definition) is 0. The number of aryl methyl sites for hydroxylation is 1. The molecule has 2 aliphatic rings. The number of anilines is 1.